The zero-order valence-electron chi connectivity index (χ0n) is 18.0. The molecule has 2 aliphatic rings. The van der Waals surface area contributed by atoms with Crippen molar-refractivity contribution < 1.29 is 13.4 Å². The Kier molecular flexibility index (Phi) is 4.69. The molecule has 0 radical (unpaired) electrons. The molecule has 0 saturated carbocycles. The molecule has 6 nitrogen and oxygen atoms in total. The van der Waals surface area contributed by atoms with Gasteiger partial charge in [0.05, 0.1) is 22.2 Å². The first-order valence-corrected chi connectivity index (χ1v) is 12.1. The van der Waals surface area contributed by atoms with Crippen LogP contribution in [0.25, 0.3) is 27.6 Å². The molecule has 1 aromatic heterocycles. The Bertz CT molecular complexity index is 1440. The largest absolute Gasteiger partial charge is 0.256 e. The highest BCUT2D eigenvalue weighted by Gasteiger charge is 2.33. The van der Waals surface area contributed by atoms with Crippen LogP contribution >= 0.6 is 0 Å². The first kappa shape index (κ1) is 20.5. The molecule has 0 fully saturated rings. The third kappa shape index (κ3) is 3.39. The molecular weight excluding hydrogens is 422 g/mol. The fraction of sp³-hybridized carbons (Fsp3) is 0.160. The van der Waals surface area contributed by atoms with Gasteiger partial charge in [-0.05, 0) is 72.5 Å². The van der Waals surface area contributed by atoms with Crippen LogP contribution in [0.4, 0.5) is 0 Å². The second-order valence-corrected chi connectivity index (χ2v) is 11.0. The number of hydrogen-bond donors (Lipinski definition) is 1. The van der Waals surface area contributed by atoms with E-state index in [9.17, 15) is 8.42 Å². The molecule has 2 aromatic carbocycles. The Morgan fingerprint density at radius 1 is 1.06 bits per heavy atom. The minimum absolute atomic E-state index is 0.743. The van der Waals surface area contributed by atoms with Crippen LogP contribution in [0.5, 0.6) is 0 Å². The smallest absolute Gasteiger partial charge is 0.156 e. The van der Waals surface area contributed by atoms with Crippen molar-refractivity contribution in [3.05, 3.63) is 96.1 Å². The zero-order chi connectivity index (χ0) is 22.5. The van der Waals surface area contributed by atoms with Crippen LogP contribution in [0.1, 0.15) is 25.0 Å². The molecule has 0 aliphatic carbocycles. The third-order valence-corrected chi connectivity index (χ3v) is 8.23. The van der Waals surface area contributed by atoms with Gasteiger partial charge in [-0.2, -0.15) is 4.94 Å². The molecule has 0 saturated heterocycles. The molecule has 7 heteroatoms. The number of nitrogens with one attached hydrogen (secondary N) is 1. The van der Waals surface area contributed by atoms with Gasteiger partial charge in [-0.15, -0.1) is 0 Å². The Balaban J connectivity index is 1.67. The lowest BCUT2D eigenvalue weighted by Crippen LogP contribution is -2.28. The van der Waals surface area contributed by atoms with Crippen molar-refractivity contribution in [2.24, 2.45) is 0 Å². The number of fused-ring (bicyclic) bond motifs is 2. The van der Waals surface area contributed by atoms with E-state index in [4.69, 9.17) is 4.94 Å². The van der Waals surface area contributed by atoms with Crippen molar-refractivity contribution in [1.29, 1.82) is 0 Å². The van der Waals surface area contributed by atoms with Crippen molar-refractivity contribution in [1.82, 2.24) is 15.5 Å². The molecule has 1 N–H and O–H groups in total. The number of sulfone groups is 1. The molecule has 3 heterocycles. The third-order valence-electron chi connectivity index (χ3n) is 6.14. The molecule has 0 spiro atoms. The van der Waals surface area contributed by atoms with Gasteiger partial charge in [-0.3, -0.25) is 4.98 Å². The molecule has 32 heavy (non-hydrogen) atoms. The first-order chi connectivity index (χ1) is 15.2. The van der Waals surface area contributed by atoms with Crippen LogP contribution in [-0.4, -0.2) is 24.7 Å². The maximum absolute atomic E-state index is 12.5. The van der Waals surface area contributed by atoms with Crippen LogP contribution in [0.3, 0.4) is 0 Å². The van der Waals surface area contributed by atoms with E-state index in [2.05, 4.69) is 22.6 Å². The highest BCUT2D eigenvalue weighted by Crippen LogP contribution is 2.37. The lowest BCUT2D eigenvalue weighted by atomic mass is 9.92. The highest BCUT2D eigenvalue weighted by atomic mass is 32.2. The minimum Gasteiger partial charge on any atom is -0.256 e. The Hall–Kier alpha value is -3.42. The normalized spacial score (nSPS) is 15.9. The van der Waals surface area contributed by atoms with E-state index < -0.39 is 14.6 Å². The molecule has 5 rings (SSSR count). The summed E-state index contributed by atoms with van der Waals surface area (Å²) in [6.45, 7) is 3.49. The number of aromatic nitrogens is 1. The number of rotatable bonds is 4. The number of allylic oxidation sites excluding steroid dienone is 3. The zero-order valence-corrected chi connectivity index (χ0v) is 18.8. The van der Waals surface area contributed by atoms with Gasteiger partial charge in [0.2, 0.25) is 0 Å². The molecule has 162 valence electrons. The quantitative estimate of drug-likeness (QED) is 0.628. The Morgan fingerprint density at radius 3 is 2.69 bits per heavy atom. The second kappa shape index (κ2) is 7.32. The average molecular weight is 446 g/mol. The molecule has 3 aromatic rings. The van der Waals surface area contributed by atoms with Gasteiger partial charge in [-0.1, -0.05) is 24.3 Å². The minimum atomic E-state index is -3.32. The van der Waals surface area contributed by atoms with E-state index in [0.717, 1.165) is 44.4 Å². The standard InChI is InChI=1S/C25H23N3O3S/c1-25(2,32(3,29)30)21-13-20-8-5-10-26-24(20)23(15-21)19-7-4-6-17(12-19)18-9-11-28-22(14-18)16-27-31-28/h4-16,27H,1-3H3. The average Bonchev–Trinajstić information content (AvgIpc) is 3.25. The van der Waals surface area contributed by atoms with Gasteiger partial charge in [0.25, 0.3) is 0 Å². The summed E-state index contributed by atoms with van der Waals surface area (Å²) < 4.78 is 24.0. The lowest BCUT2D eigenvalue weighted by molar-refractivity contribution is -0.112. The SMILES string of the molecule is CC(C)(c1cc(-c2cccc(C3=CC4=CNON4C=C3)c2)c2ncccc2c1)S(C)(=O)=O. The maximum atomic E-state index is 12.5. The van der Waals surface area contributed by atoms with Crippen molar-refractivity contribution >= 4 is 26.3 Å². The summed E-state index contributed by atoms with van der Waals surface area (Å²) in [5.74, 6) is 0. The van der Waals surface area contributed by atoms with Gasteiger partial charge >= 0.3 is 0 Å². The number of hydrogen-bond acceptors (Lipinski definition) is 6. The molecule has 2 aliphatic heterocycles. The Labute approximate surface area is 187 Å². The van der Waals surface area contributed by atoms with Crippen molar-refractivity contribution in [2.45, 2.75) is 18.6 Å². The van der Waals surface area contributed by atoms with Gasteiger partial charge in [0, 0.05) is 29.6 Å². The van der Waals surface area contributed by atoms with E-state index in [1.165, 1.54) is 6.26 Å². The second-order valence-electron chi connectivity index (χ2n) is 8.48. The van der Waals surface area contributed by atoms with E-state index in [1.54, 1.807) is 31.3 Å². The summed E-state index contributed by atoms with van der Waals surface area (Å²) >= 11 is 0. The van der Waals surface area contributed by atoms with E-state index >= 15 is 0 Å². The van der Waals surface area contributed by atoms with Crippen LogP contribution in [-0.2, 0) is 19.5 Å². The molecular formula is C25H23N3O3S. The summed E-state index contributed by atoms with van der Waals surface area (Å²) in [5.41, 5.74) is 9.21. The van der Waals surface area contributed by atoms with Crippen molar-refractivity contribution in [3.63, 3.8) is 0 Å². The topological polar surface area (TPSA) is 71.5 Å². The number of hydroxylamine groups is 3. The summed E-state index contributed by atoms with van der Waals surface area (Å²) in [6, 6.07) is 15.9. The van der Waals surface area contributed by atoms with Gasteiger partial charge in [-0.25, -0.2) is 19.0 Å². The van der Waals surface area contributed by atoms with Crippen LogP contribution in [0.2, 0.25) is 0 Å². The van der Waals surface area contributed by atoms with Crippen LogP contribution in [0, 0.1) is 0 Å². The molecule has 0 bridgehead atoms. The van der Waals surface area contributed by atoms with E-state index in [0.29, 0.717) is 0 Å². The van der Waals surface area contributed by atoms with Gasteiger partial charge in [0.1, 0.15) is 0 Å². The summed E-state index contributed by atoms with van der Waals surface area (Å²) in [7, 11) is -3.32. The van der Waals surface area contributed by atoms with E-state index in [-0.39, 0.29) is 0 Å². The Morgan fingerprint density at radius 2 is 1.88 bits per heavy atom. The van der Waals surface area contributed by atoms with Crippen LogP contribution in [0.15, 0.2) is 85.0 Å². The maximum Gasteiger partial charge on any atom is 0.156 e. The first-order valence-electron chi connectivity index (χ1n) is 10.3. The van der Waals surface area contributed by atoms with E-state index in [1.807, 2.05) is 54.8 Å². The predicted octanol–water partition coefficient (Wildman–Crippen LogP) is 4.69. The van der Waals surface area contributed by atoms with Crippen molar-refractivity contribution in [2.75, 3.05) is 6.26 Å². The fourth-order valence-electron chi connectivity index (χ4n) is 3.86. The number of nitrogens with zero attached hydrogens (tertiary/aromatic N) is 2. The number of benzene rings is 2. The van der Waals surface area contributed by atoms with Gasteiger partial charge in [0.15, 0.2) is 9.84 Å². The summed E-state index contributed by atoms with van der Waals surface area (Å²) in [4.78, 5) is 9.87. The van der Waals surface area contributed by atoms with Crippen LogP contribution < -0.4 is 5.48 Å². The molecule has 0 unspecified atom stereocenters. The highest BCUT2D eigenvalue weighted by molar-refractivity contribution is 7.91. The molecule has 0 atom stereocenters. The monoisotopic (exact) mass is 445 g/mol. The fourth-order valence-corrected chi connectivity index (χ4v) is 4.40. The number of pyridine rings is 1. The van der Waals surface area contributed by atoms with Gasteiger partial charge < -0.3 is 0 Å². The molecule has 0 amide bonds. The predicted molar refractivity (Wildman–Crippen MR) is 126 cm³/mol. The summed E-state index contributed by atoms with van der Waals surface area (Å²) in [5, 5.41) is 2.57. The van der Waals surface area contributed by atoms with Crippen molar-refractivity contribution in [3.8, 4) is 11.1 Å². The summed E-state index contributed by atoms with van der Waals surface area (Å²) in [6.07, 6.45) is 10.7. The lowest BCUT2D eigenvalue weighted by Gasteiger charge is -2.24.